The Morgan fingerprint density at radius 2 is 1.62 bits per heavy atom. The molecule has 124 valence electrons. The lowest BCUT2D eigenvalue weighted by molar-refractivity contribution is -0.141. The highest BCUT2D eigenvalue weighted by Crippen LogP contribution is 2.21. The number of piperidine rings is 1. The molecule has 1 aliphatic rings. The molecule has 0 aromatic rings. The fourth-order valence-corrected chi connectivity index (χ4v) is 2.39. The second-order valence-electron chi connectivity index (χ2n) is 6.41. The van der Waals surface area contributed by atoms with Crippen molar-refractivity contribution in [2.45, 2.75) is 52.6 Å². The van der Waals surface area contributed by atoms with Crippen LogP contribution < -0.4 is 5.73 Å². The average molecular weight is 320 g/mol. The number of rotatable bonds is 4. The van der Waals surface area contributed by atoms with Gasteiger partial charge in [-0.05, 0) is 32.6 Å². The van der Waals surface area contributed by atoms with Crippen molar-refractivity contribution in [3.8, 4) is 0 Å². The van der Waals surface area contributed by atoms with Gasteiger partial charge in [0.1, 0.15) is 0 Å². The van der Waals surface area contributed by atoms with Gasteiger partial charge in [-0.3, -0.25) is 9.59 Å². The molecule has 0 aromatic carbocycles. The number of hydrogen-bond donors (Lipinski definition) is 1. The summed E-state index contributed by atoms with van der Waals surface area (Å²) in [7, 11) is 1.85. The number of likely N-dealkylation sites (tertiary alicyclic amines) is 1. The number of halogens is 1. The van der Waals surface area contributed by atoms with E-state index >= 15 is 0 Å². The fourth-order valence-electron chi connectivity index (χ4n) is 2.39. The van der Waals surface area contributed by atoms with E-state index in [9.17, 15) is 9.59 Å². The topological polar surface area (TPSA) is 66.6 Å². The Labute approximate surface area is 134 Å². The summed E-state index contributed by atoms with van der Waals surface area (Å²) in [5.41, 5.74) is 5.91. The SMILES string of the molecule is CC(C)[C@H](N)C(=O)N1CCC(C(=O)N(C)C(C)C)CC1.Cl. The zero-order valence-corrected chi connectivity index (χ0v) is 14.7. The summed E-state index contributed by atoms with van der Waals surface area (Å²) in [5.74, 6) is 0.402. The van der Waals surface area contributed by atoms with Crippen LogP contribution in [0.15, 0.2) is 0 Å². The summed E-state index contributed by atoms with van der Waals surface area (Å²) >= 11 is 0. The third kappa shape index (κ3) is 5.15. The van der Waals surface area contributed by atoms with Crippen molar-refractivity contribution < 1.29 is 9.59 Å². The summed E-state index contributed by atoms with van der Waals surface area (Å²) in [4.78, 5) is 28.0. The van der Waals surface area contributed by atoms with Crippen molar-refractivity contribution in [3.05, 3.63) is 0 Å². The molecule has 0 bridgehead atoms. The molecule has 0 spiro atoms. The average Bonchev–Trinajstić information content (AvgIpc) is 2.44. The molecule has 1 rings (SSSR count). The number of amides is 2. The quantitative estimate of drug-likeness (QED) is 0.854. The van der Waals surface area contributed by atoms with Crippen LogP contribution in [-0.2, 0) is 9.59 Å². The van der Waals surface area contributed by atoms with Crippen LogP contribution in [0, 0.1) is 11.8 Å². The van der Waals surface area contributed by atoms with Crippen LogP contribution in [0.1, 0.15) is 40.5 Å². The second-order valence-corrected chi connectivity index (χ2v) is 6.41. The molecule has 6 heteroatoms. The van der Waals surface area contributed by atoms with Crippen molar-refractivity contribution in [2.24, 2.45) is 17.6 Å². The van der Waals surface area contributed by atoms with Crippen molar-refractivity contribution in [3.63, 3.8) is 0 Å². The first-order valence-electron chi connectivity index (χ1n) is 7.56. The van der Waals surface area contributed by atoms with Crippen LogP contribution in [0.4, 0.5) is 0 Å². The molecule has 2 amide bonds. The summed E-state index contributed by atoms with van der Waals surface area (Å²) in [6.45, 7) is 9.21. The Kier molecular flexibility index (Phi) is 8.26. The second kappa shape index (κ2) is 8.59. The maximum absolute atomic E-state index is 12.3. The maximum atomic E-state index is 12.3. The van der Waals surface area contributed by atoms with Gasteiger partial charge in [-0.2, -0.15) is 0 Å². The molecule has 0 saturated carbocycles. The van der Waals surface area contributed by atoms with Crippen molar-refractivity contribution in [1.82, 2.24) is 9.80 Å². The van der Waals surface area contributed by atoms with Gasteiger partial charge in [0.05, 0.1) is 6.04 Å². The van der Waals surface area contributed by atoms with Gasteiger partial charge >= 0.3 is 0 Å². The van der Waals surface area contributed by atoms with E-state index in [1.807, 2.05) is 39.6 Å². The van der Waals surface area contributed by atoms with E-state index in [2.05, 4.69) is 0 Å². The summed E-state index contributed by atoms with van der Waals surface area (Å²) in [6, 6.07) is -0.211. The van der Waals surface area contributed by atoms with Crippen LogP contribution in [0.3, 0.4) is 0 Å². The highest BCUT2D eigenvalue weighted by Gasteiger charge is 2.31. The fraction of sp³-hybridized carbons (Fsp3) is 0.867. The minimum Gasteiger partial charge on any atom is -0.343 e. The number of carbonyl (C=O) groups excluding carboxylic acids is 2. The van der Waals surface area contributed by atoms with Gasteiger partial charge in [-0.25, -0.2) is 0 Å². The standard InChI is InChI=1S/C15H29N3O2.ClH/c1-10(2)13(16)15(20)18-8-6-12(7-9-18)14(19)17(5)11(3)4;/h10-13H,6-9,16H2,1-5H3;1H/t13-;/m0./s1. The van der Waals surface area contributed by atoms with E-state index in [0.717, 1.165) is 12.8 Å². The zero-order chi connectivity index (χ0) is 15.4. The maximum Gasteiger partial charge on any atom is 0.239 e. The molecular formula is C15H30ClN3O2. The van der Waals surface area contributed by atoms with Crippen LogP contribution in [-0.4, -0.2) is 53.8 Å². The van der Waals surface area contributed by atoms with E-state index in [1.165, 1.54) is 0 Å². The van der Waals surface area contributed by atoms with Gasteiger partial charge in [0.2, 0.25) is 11.8 Å². The normalized spacial score (nSPS) is 17.6. The monoisotopic (exact) mass is 319 g/mol. The first-order valence-corrected chi connectivity index (χ1v) is 7.56. The van der Waals surface area contributed by atoms with Crippen molar-refractivity contribution >= 4 is 24.2 Å². The zero-order valence-electron chi connectivity index (χ0n) is 13.8. The van der Waals surface area contributed by atoms with Crippen molar-refractivity contribution in [1.29, 1.82) is 0 Å². The number of nitrogens with two attached hydrogens (primary N) is 1. The molecule has 0 radical (unpaired) electrons. The summed E-state index contributed by atoms with van der Waals surface area (Å²) < 4.78 is 0. The predicted molar refractivity (Wildman–Crippen MR) is 87.3 cm³/mol. The largest absolute Gasteiger partial charge is 0.343 e. The third-order valence-corrected chi connectivity index (χ3v) is 4.28. The minimum absolute atomic E-state index is 0. The Balaban J connectivity index is 0.00000400. The van der Waals surface area contributed by atoms with Gasteiger partial charge in [-0.1, -0.05) is 13.8 Å². The van der Waals surface area contributed by atoms with E-state index in [-0.39, 0.29) is 42.1 Å². The van der Waals surface area contributed by atoms with Crippen LogP contribution in [0.5, 0.6) is 0 Å². The summed E-state index contributed by atoms with van der Waals surface area (Å²) in [6.07, 6.45) is 1.49. The van der Waals surface area contributed by atoms with E-state index in [4.69, 9.17) is 5.73 Å². The molecule has 0 unspecified atom stereocenters. The molecule has 1 saturated heterocycles. The first-order chi connectivity index (χ1) is 9.25. The van der Waals surface area contributed by atoms with E-state index < -0.39 is 6.04 Å². The number of hydrogen-bond acceptors (Lipinski definition) is 3. The van der Waals surface area contributed by atoms with Crippen molar-refractivity contribution in [2.75, 3.05) is 20.1 Å². The minimum atomic E-state index is -0.430. The van der Waals surface area contributed by atoms with Crippen LogP contribution in [0.25, 0.3) is 0 Å². The Morgan fingerprint density at radius 3 is 2.00 bits per heavy atom. The number of carbonyl (C=O) groups is 2. The smallest absolute Gasteiger partial charge is 0.239 e. The highest BCUT2D eigenvalue weighted by atomic mass is 35.5. The number of nitrogens with zero attached hydrogens (tertiary/aromatic N) is 2. The van der Waals surface area contributed by atoms with Crippen LogP contribution >= 0.6 is 12.4 Å². The highest BCUT2D eigenvalue weighted by molar-refractivity contribution is 5.85. The molecule has 1 aliphatic heterocycles. The first kappa shape index (κ1) is 20.2. The lowest BCUT2D eigenvalue weighted by Gasteiger charge is -2.35. The molecule has 1 fully saturated rings. The predicted octanol–water partition coefficient (Wildman–Crippen LogP) is 1.50. The van der Waals surface area contributed by atoms with Gasteiger partial charge in [0.15, 0.2) is 0 Å². The van der Waals surface area contributed by atoms with Gasteiger partial charge in [-0.15, -0.1) is 12.4 Å². The molecule has 21 heavy (non-hydrogen) atoms. The molecular weight excluding hydrogens is 290 g/mol. The Morgan fingerprint density at radius 1 is 1.14 bits per heavy atom. The molecule has 0 aromatic heterocycles. The Bertz CT molecular complexity index is 319. The molecule has 2 N–H and O–H groups in total. The molecule has 0 aliphatic carbocycles. The Hall–Kier alpha value is -0.810. The third-order valence-electron chi connectivity index (χ3n) is 4.28. The van der Waals surface area contributed by atoms with Gasteiger partial charge in [0, 0.05) is 32.1 Å². The lowest BCUT2D eigenvalue weighted by atomic mass is 9.93. The van der Waals surface area contributed by atoms with Gasteiger partial charge in [0.25, 0.3) is 0 Å². The summed E-state index contributed by atoms with van der Waals surface area (Å²) in [5, 5.41) is 0. The molecule has 1 atom stereocenters. The van der Waals surface area contributed by atoms with Crippen LogP contribution in [0.2, 0.25) is 0 Å². The molecule has 1 heterocycles. The van der Waals surface area contributed by atoms with E-state index in [1.54, 1.807) is 4.90 Å². The van der Waals surface area contributed by atoms with Gasteiger partial charge < -0.3 is 15.5 Å². The van der Waals surface area contributed by atoms with E-state index in [0.29, 0.717) is 13.1 Å². The lowest BCUT2D eigenvalue weighted by Crippen LogP contribution is -2.51. The molecule has 5 nitrogen and oxygen atoms in total.